The SMILES string of the molecule is Cc1ccnc(NCCn2ccnc2)c1C#N. The van der Waals surface area contributed by atoms with Crippen LogP contribution in [0.15, 0.2) is 31.0 Å². The summed E-state index contributed by atoms with van der Waals surface area (Å²) in [4.78, 5) is 8.13. The highest BCUT2D eigenvalue weighted by molar-refractivity contribution is 5.55. The monoisotopic (exact) mass is 227 g/mol. The standard InChI is InChI=1S/C12H13N5/c1-10-2-3-15-12(11(10)8-13)16-5-7-17-6-4-14-9-17/h2-4,6,9H,5,7H2,1H3,(H,15,16). The fraction of sp³-hybridized carbons (Fsp3) is 0.250. The number of rotatable bonds is 4. The van der Waals surface area contributed by atoms with Crippen molar-refractivity contribution < 1.29 is 0 Å². The molecule has 0 saturated heterocycles. The number of nitrogens with zero attached hydrogens (tertiary/aromatic N) is 4. The maximum Gasteiger partial charge on any atom is 0.144 e. The Hall–Kier alpha value is -2.35. The van der Waals surface area contributed by atoms with Crippen LogP contribution in [0.4, 0.5) is 5.82 Å². The number of nitriles is 1. The number of pyridine rings is 1. The van der Waals surface area contributed by atoms with E-state index in [1.807, 2.05) is 23.8 Å². The second-order valence-electron chi connectivity index (χ2n) is 3.69. The van der Waals surface area contributed by atoms with Gasteiger partial charge in [0, 0.05) is 31.7 Å². The van der Waals surface area contributed by atoms with Crippen LogP contribution in [0.2, 0.25) is 0 Å². The molecule has 2 heterocycles. The molecule has 0 aliphatic heterocycles. The van der Waals surface area contributed by atoms with E-state index < -0.39 is 0 Å². The van der Waals surface area contributed by atoms with E-state index in [1.165, 1.54) is 0 Å². The van der Waals surface area contributed by atoms with Crippen molar-refractivity contribution in [2.75, 3.05) is 11.9 Å². The number of aromatic nitrogens is 3. The molecule has 0 spiro atoms. The van der Waals surface area contributed by atoms with Crippen molar-refractivity contribution in [1.29, 1.82) is 5.26 Å². The number of anilines is 1. The first-order valence-electron chi connectivity index (χ1n) is 5.36. The van der Waals surface area contributed by atoms with Crippen LogP contribution in [-0.4, -0.2) is 21.1 Å². The van der Waals surface area contributed by atoms with Crippen LogP contribution in [0.1, 0.15) is 11.1 Å². The summed E-state index contributed by atoms with van der Waals surface area (Å²) in [5.74, 6) is 0.646. The summed E-state index contributed by atoms with van der Waals surface area (Å²) >= 11 is 0. The van der Waals surface area contributed by atoms with Gasteiger partial charge in [0.15, 0.2) is 0 Å². The number of hydrogen-bond donors (Lipinski definition) is 1. The van der Waals surface area contributed by atoms with Gasteiger partial charge in [0.05, 0.1) is 11.9 Å². The first kappa shape index (κ1) is 11.1. The average molecular weight is 227 g/mol. The van der Waals surface area contributed by atoms with Gasteiger partial charge < -0.3 is 9.88 Å². The minimum Gasteiger partial charge on any atom is -0.367 e. The van der Waals surface area contributed by atoms with E-state index in [9.17, 15) is 0 Å². The third kappa shape index (κ3) is 2.61. The van der Waals surface area contributed by atoms with E-state index in [1.54, 1.807) is 18.7 Å². The lowest BCUT2D eigenvalue weighted by atomic mass is 10.1. The summed E-state index contributed by atoms with van der Waals surface area (Å²) in [5.41, 5.74) is 1.55. The molecule has 0 aliphatic carbocycles. The normalized spacial score (nSPS) is 9.88. The molecule has 0 aromatic carbocycles. The summed E-state index contributed by atoms with van der Waals surface area (Å²) in [6.07, 6.45) is 7.11. The third-order valence-electron chi connectivity index (χ3n) is 2.49. The maximum atomic E-state index is 9.04. The average Bonchev–Trinajstić information content (AvgIpc) is 2.82. The smallest absolute Gasteiger partial charge is 0.144 e. The molecule has 1 N–H and O–H groups in total. The van der Waals surface area contributed by atoms with Crippen molar-refractivity contribution in [2.24, 2.45) is 0 Å². The van der Waals surface area contributed by atoms with Crippen LogP contribution in [0.5, 0.6) is 0 Å². The summed E-state index contributed by atoms with van der Waals surface area (Å²) in [7, 11) is 0. The van der Waals surface area contributed by atoms with E-state index in [-0.39, 0.29) is 0 Å². The first-order chi connectivity index (χ1) is 8.31. The van der Waals surface area contributed by atoms with Crippen LogP contribution >= 0.6 is 0 Å². The number of nitrogens with one attached hydrogen (secondary N) is 1. The largest absolute Gasteiger partial charge is 0.367 e. The van der Waals surface area contributed by atoms with E-state index in [0.29, 0.717) is 17.9 Å². The fourth-order valence-electron chi connectivity index (χ4n) is 1.56. The lowest BCUT2D eigenvalue weighted by Crippen LogP contribution is -2.11. The molecular weight excluding hydrogens is 214 g/mol. The van der Waals surface area contributed by atoms with Crippen LogP contribution in [0.25, 0.3) is 0 Å². The Morgan fingerprint density at radius 2 is 2.35 bits per heavy atom. The zero-order valence-electron chi connectivity index (χ0n) is 9.59. The van der Waals surface area contributed by atoms with Gasteiger partial charge in [-0.15, -0.1) is 0 Å². The molecule has 2 aromatic heterocycles. The zero-order chi connectivity index (χ0) is 12.1. The highest BCUT2D eigenvalue weighted by Gasteiger charge is 2.05. The van der Waals surface area contributed by atoms with Crippen molar-refractivity contribution in [3.63, 3.8) is 0 Å². The molecule has 86 valence electrons. The van der Waals surface area contributed by atoms with E-state index >= 15 is 0 Å². The Balaban J connectivity index is 2.00. The summed E-state index contributed by atoms with van der Waals surface area (Å²) in [5, 5.41) is 12.2. The zero-order valence-corrected chi connectivity index (χ0v) is 9.59. The molecule has 0 aliphatic rings. The Labute approximate surface area is 99.7 Å². The topological polar surface area (TPSA) is 66.5 Å². The van der Waals surface area contributed by atoms with Gasteiger partial charge in [-0.2, -0.15) is 5.26 Å². The van der Waals surface area contributed by atoms with Crippen molar-refractivity contribution in [2.45, 2.75) is 13.5 Å². The number of aryl methyl sites for hydroxylation is 1. The van der Waals surface area contributed by atoms with Gasteiger partial charge in [-0.25, -0.2) is 9.97 Å². The van der Waals surface area contributed by atoms with Crippen molar-refractivity contribution in [1.82, 2.24) is 14.5 Å². The van der Waals surface area contributed by atoms with Crippen LogP contribution in [0.3, 0.4) is 0 Å². The van der Waals surface area contributed by atoms with Gasteiger partial charge in [-0.05, 0) is 18.6 Å². The quantitative estimate of drug-likeness (QED) is 0.861. The maximum absolute atomic E-state index is 9.04. The molecule has 5 heteroatoms. The minimum absolute atomic E-state index is 0.609. The van der Waals surface area contributed by atoms with Crippen molar-refractivity contribution in [3.8, 4) is 6.07 Å². The first-order valence-corrected chi connectivity index (χ1v) is 5.36. The van der Waals surface area contributed by atoms with Gasteiger partial charge in [0.2, 0.25) is 0 Å². The molecule has 0 atom stereocenters. The second kappa shape index (κ2) is 5.12. The molecule has 2 rings (SSSR count). The predicted octanol–water partition coefficient (Wildman–Crippen LogP) is 1.57. The second-order valence-corrected chi connectivity index (χ2v) is 3.69. The predicted molar refractivity (Wildman–Crippen MR) is 64.4 cm³/mol. The van der Waals surface area contributed by atoms with Crippen LogP contribution < -0.4 is 5.32 Å². The van der Waals surface area contributed by atoms with E-state index in [2.05, 4.69) is 21.4 Å². The Morgan fingerprint density at radius 1 is 1.47 bits per heavy atom. The van der Waals surface area contributed by atoms with Gasteiger partial charge in [0.25, 0.3) is 0 Å². The highest BCUT2D eigenvalue weighted by atomic mass is 15.1. The van der Waals surface area contributed by atoms with Gasteiger partial charge in [-0.1, -0.05) is 0 Å². The Bertz CT molecular complexity index is 524. The Kier molecular flexibility index (Phi) is 3.36. The lowest BCUT2D eigenvalue weighted by molar-refractivity contribution is 0.725. The lowest BCUT2D eigenvalue weighted by Gasteiger charge is -2.08. The molecule has 0 saturated carbocycles. The molecule has 0 radical (unpaired) electrons. The van der Waals surface area contributed by atoms with Gasteiger partial charge >= 0.3 is 0 Å². The fourth-order valence-corrected chi connectivity index (χ4v) is 1.56. The summed E-state index contributed by atoms with van der Waals surface area (Å²) < 4.78 is 1.97. The van der Waals surface area contributed by atoms with E-state index in [4.69, 9.17) is 5.26 Å². The van der Waals surface area contributed by atoms with Crippen LogP contribution in [-0.2, 0) is 6.54 Å². The highest BCUT2D eigenvalue weighted by Crippen LogP contribution is 2.14. The molecule has 0 bridgehead atoms. The molecule has 17 heavy (non-hydrogen) atoms. The van der Waals surface area contributed by atoms with Crippen molar-refractivity contribution >= 4 is 5.82 Å². The molecule has 0 fully saturated rings. The third-order valence-corrected chi connectivity index (χ3v) is 2.49. The molecule has 2 aromatic rings. The minimum atomic E-state index is 0.609. The molecule has 0 amide bonds. The summed E-state index contributed by atoms with van der Waals surface area (Å²) in [6, 6.07) is 4.00. The van der Waals surface area contributed by atoms with E-state index in [0.717, 1.165) is 12.1 Å². The molecule has 0 unspecified atom stereocenters. The number of hydrogen-bond acceptors (Lipinski definition) is 4. The summed E-state index contributed by atoms with van der Waals surface area (Å²) in [6.45, 7) is 3.41. The van der Waals surface area contributed by atoms with Crippen LogP contribution in [0, 0.1) is 18.3 Å². The van der Waals surface area contributed by atoms with Crippen molar-refractivity contribution in [3.05, 3.63) is 42.1 Å². The Morgan fingerprint density at radius 3 is 3.06 bits per heavy atom. The number of imidazole rings is 1. The molecule has 5 nitrogen and oxygen atoms in total. The molecular formula is C12H13N5. The van der Waals surface area contributed by atoms with Gasteiger partial charge in [-0.3, -0.25) is 0 Å². The van der Waals surface area contributed by atoms with Gasteiger partial charge in [0.1, 0.15) is 11.9 Å².